The molecule has 0 aliphatic carbocycles. The number of likely N-dealkylation sites (tertiary alicyclic amines) is 1. The van der Waals surface area contributed by atoms with Gasteiger partial charge in [0.2, 0.25) is 0 Å². The molecular weight excluding hydrogens is 196 g/mol. The second-order valence-corrected chi connectivity index (χ2v) is 5.28. The van der Waals surface area contributed by atoms with Crippen molar-refractivity contribution < 1.29 is 5.11 Å². The molecule has 0 saturated carbocycles. The van der Waals surface area contributed by atoms with Gasteiger partial charge >= 0.3 is 0 Å². The van der Waals surface area contributed by atoms with E-state index in [2.05, 4.69) is 23.7 Å². The number of hydrogen-bond donors (Lipinski definition) is 1. The first-order valence-electron chi connectivity index (χ1n) is 4.92. The monoisotopic (exact) mass is 212 g/mol. The fourth-order valence-electron chi connectivity index (χ4n) is 1.91. The van der Waals surface area contributed by atoms with Crippen molar-refractivity contribution in [3.05, 3.63) is 16.6 Å². The topological polar surface area (TPSA) is 36.4 Å². The maximum atomic E-state index is 9.80. The molecule has 2 heterocycles. The van der Waals surface area contributed by atoms with Crippen LogP contribution in [0.5, 0.6) is 0 Å². The number of aromatic nitrogens is 1. The minimum absolute atomic E-state index is 0.105. The van der Waals surface area contributed by atoms with E-state index in [1.54, 1.807) is 11.3 Å². The van der Waals surface area contributed by atoms with Crippen LogP contribution < -0.4 is 0 Å². The van der Waals surface area contributed by atoms with E-state index < -0.39 is 0 Å². The van der Waals surface area contributed by atoms with Crippen LogP contribution in [0.3, 0.4) is 0 Å². The van der Waals surface area contributed by atoms with Gasteiger partial charge < -0.3 is 5.11 Å². The molecule has 1 aromatic heterocycles. The van der Waals surface area contributed by atoms with Crippen LogP contribution in [0.15, 0.2) is 11.6 Å². The lowest BCUT2D eigenvalue weighted by Gasteiger charge is -2.33. The summed E-state index contributed by atoms with van der Waals surface area (Å²) in [7, 11) is 0. The van der Waals surface area contributed by atoms with Gasteiger partial charge in [-0.1, -0.05) is 0 Å². The molecule has 2 rings (SSSR count). The maximum Gasteiger partial charge on any atom is 0.107 e. The first-order valence-corrected chi connectivity index (χ1v) is 5.80. The van der Waals surface area contributed by atoms with Crippen LogP contribution in [0.4, 0.5) is 0 Å². The lowest BCUT2D eigenvalue weighted by molar-refractivity contribution is 0.0506. The van der Waals surface area contributed by atoms with Crippen LogP contribution in [-0.2, 0) is 6.54 Å². The smallest absolute Gasteiger partial charge is 0.107 e. The molecule has 0 spiro atoms. The zero-order valence-corrected chi connectivity index (χ0v) is 9.42. The molecule has 78 valence electrons. The zero-order valence-electron chi connectivity index (χ0n) is 8.60. The van der Waals surface area contributed by atoms with Gasteiger partial charge in [-0.3, -0.25) is 4.90 Å². The molecule has 0 radical (unpaired) electrons. The number of aliphatic hydroxyl groups is 1. The number of nitrogens with zero attached hydrogens (tertiary/aromatic N) is 2. The lowest BCUT2D eigenvalue weighted by Crippen LogP contribution is -2.44. The van der Waals surface area contributed by atoms with Crippen LogP contribution in [0.25, 0.3) is 0 Å². The summed E-state index contributed by atoms with van der Waals surface area (Å²) in [5, 5.41) is 12.9. The average molecular weight is 212 g/mol. The van der Waals surface area contributed by atoms with Gasteiger partial charge in [0.1, 0.15) is 5.01 Å². The Labute approximate surface area is 88.4 Å². The summed E-state index contributed by atoms with van der Waals surface area (Å²) in [6.07, 6.45) is 2.50. The minimum atomic E-state index is -0.206. The van der Waals surface area contributed by atoms with E-state index in [-0.39, 0.29) is 11.6 Å². The zero-order chi connectivity index (χ0) is 10.2. The van der Waals surface area contributed by atoms with Crippen LogP contribution >= 0.6 is 11.3 Å². The largest absolute Gasteiger partial charge is 0.391 e. The van der Waals surface area contributed by atoms with Crippen molar-refractivity contribution in [2.24, 2.45) is 0 Å². The summed E-state index contributed by atoms with van der Waals surface area (Å²) >= 11 is 1.68. The van der Waals surface area contributed by atoms with E-state index in [4.69, 9.17) is 0 Å². The summed E-state index contributed by atoms with van der Waals surface area (Å²) < 4.78 is 0. The lowest BCUT2D eigenvalue weighted by atomic mass is 9.99. The quantitative estimate of drug-likeness (QED) is 0.807. The van der Waals surface area contributed by atoms with Gasteiger partial charge in [-0.15, -0.1) is 11.3 Å². The van der Waals surface area contributed by atoms with Crippen LogP contribution in [0.2, 0.25) is 0 Å². The van der Waals surface area contributed by atoms with Crippen molar-refractivity contribution in [2.45, 2.75) is 38.5 Å². The predicted octanol–water partition coefficient (Wildman–Crippen LogP) is 1.49. The molecule has 1 fully saturated rings. The highest BCUT2D eigenvalue weighted by Crippen LogP contribution is 2.30. The van der Waals surface area contributed by atoms with E-state index >= 15 is 0 Å². The number of rotatable bonds is 2. The maximum absolute atomic E-state index is 9.80. The van der Waals surface area contributed by atoms with Gasteiger partial charge in [0.05, 0.1) is 12.6 Å². The highest BCUT2D eigenvalue weighted by atomic mass is 32.1. The molecule has 0 aromatic carbocycles. The van der Waals surface area contributed by atoms with Crippen molar-refractivity contribution in [3.8, 4) is 0 Å². The molecule has 14 heavy (non-hydrogen) atoms. The Morgan fingerprint density at radius 3 is 3.00 bits per heavy atom. The molecule has 0 bridgehead atoms. The van der Waals surface area contributed by atoms with Crippen molar-refractivity contribution in [2.75, 3.05) is 6.54 Å². The van der Waals surface area contributed by atoms with Gasteiger partial charge in [0.15, 0.2) is 0 Å². The van der Waals surface area contributed by atoms with Crippen molar-refractivity contribution in [3.63, 3.8) is 0 Å². The van der Waals surface area contributed by atoms with Crippen molar-refractivity contribution >= 4 is 11.3 Å². The molecule has 4 heteroatoms. The Hall–Kier alpha value is -0.450. The standard InChI is InChI=1S/C10H16N2OS/c1-10(2)8(13)3-5-12(10)7-9-11-4-6-14-9/h4,6,8,13H,3,5,7H2,1-2H3. The van der Waals surface area contributed by atoms with Crippen molar-refractivity contribution in [1.29, 1.82) is 0 Å². The first kappa shape index (κ1) is 10.1. The van der Waals surface area contributed by atoms with E-state index in [9.17, 15) is 5.11 Å². The van der Waals surface area contributed by atoms with E-state index in [0.717, 1.165) is 24.5 Å². The molecule has 1 aliphatic rings. The average Bonchev–Trinajstić information content (AvgIpc) is 2.70. The molecule has 1 unspecified atom stereocenters. The van der Waals surface area contributed by atoms with Crippen LogP contribution in [-0.4, -0.2) is 33.2 Å². The predicted molar refractivity (Wildman–Crippen MR) is 57.2 cm³/mol. The van der Waals surface area contributed by atoms with Gasteiger partial charge in [0, 0.05) is 23.7 Å². The third kappa shape index (κ3) is 1.69. The first-order chi connectivity index (χ1) is 6.60. The van der Waals surface area contributed by atoms with E-state index in [1.807, 2.05) is 11.6 Å². The SMILES string of the molecule is CC1(C)C(O)CCN1Cc1nccs1. The van der Waals surface area contributed by atoms with Crippen LogP contribution in [0, 0.1) is 0 Å². The summed E-state index contributed by atoms with van der Waals surface area (Å²) in [5.41, 5.74) is -0.105. The molecule has 3 nitrogen and oxygen atoms in total. The van der Waals surface area contributed by atoms with Gasteiger partial charge in [0.25, 0.3) is 0 Å². The Morgan fingerprint density at radius 1 is 1.71 bits per heavy atom. The number of thiazole rings is 1. The third-order valence-corrected chi connectivity index (χ3v) is 3.88. The fraction of sp³-hybridized carbons (Fsp3) is 0.700. The second-order valence-electron chi connectivity index (χ2n) is 4.31. The second kappa shape index (κ2) is 3.61. The molecule has 1 aromatic rings. The van der Waals surface area contributed by atoms with Gasteiger partial charge in [-0.05, 0) is 20.3 Å². The normalized spacial score (nSPS) is 26.9. The molecule has 0 amide bonds. The Morgan fingerprint density at radius 2 is 2.50 bits per heavy atom. The molecule has 1 N–H and O–H groups in total. The Balaban J connectivity index is 2.06. The van der Waals surface area contributed by atoms with Crippen molar-refractivity contribution in [1.82, 2.24) is 9.88 Å². The third-order valence-electron chi connectivity index (χ3n) is 3.11. The van der Waals surface area contributed by atoms with Gasteiger partial charge in [-0.2, -0.15) is 0 Å². The highest BCUT2D eigenvalue weighted by molar-refractivity contribution is 7.09. The number of hydrogen-bond acceptors (Lipinski definition) is 4. The summed E-state index contributed by atoms with van der Waals surface area (Å²) in [6, 6.07) is 0. The Kier molecular flexibility index (Phi) is 2.60. The fourth-order valence-corrected chi connectivity index (χ4v) is 2.54. The molecule has 1 saturated heterocycles. The highest BCUT2D eigenvalue weighted by Gasteiger charge is 2.40. The minimum Gasteiger partial charge on any atom is -0.391 e. The summed E-state index contributed by atoms with van der Waals surface area (Å²) in [5.74, 6) is 0. The molecule has 1 atom stereocenters. The molecule has 1 aliphatic heterocycles. The Bertz CT molecular complexity index is 297. The van der Waals surface area contributed by atoms with Gasteiger partial charge in [-0.25, -0.2) is 4.98 Å². The van der Waals surface area contributed by atoms with E-state index in [1.165, 1.54) is 0 Å². The number of aliphatic hydroxyl groups excluding tert-OH is 1. The summed E-state index contributed by atoms with van der Waals surface area (Å²) in [4.78, 5) is 6.57. The molecular formula is C10H16N2OS. The van der Waals surface area contributed by atoms with E-state index in [0.29, 0.717) is 0 Å². The summed E-state index contributed by atoms with van der Waals surface area (Å²) in [6.45, 7) is 6.02. The van der Waals surface area contributed by atoms with Crippen LogP contribution in [0.1, 0.15) is 25.3 Å².